The summed E-state index contributed by atoms with van der Waals surface area (Å²) in [6.45, 7) is 1.67. The number of rotatable bonds is 2. The predicted molar refractivity (Wildman–Crippen MR) is 79.0 cm³/mol. The number of amides is 1. The van der Waals surface area contributed by atoms with Crippen LogP contribution in [0.3, 0.4) is 0 Å². The zero-order valence-electron chi connectivity index (χ0n) is 12.5. The predicted octanol–water partition coefficient (Wildman–Crippen LogP) is 2.54. The number of fused-ring (bicyclic) bond motifs is 1. The fourth-order valence-corrected chi connectivity index (χ4v) is 5.09. The molecule has 3 atom stereocenters. The van der Waals surface area contributed by atoms with Crippen molar-refractivity contribution in [1.29, 1.82) is 0 Å². The zero-order valence-corrected chi connectivity index (χ0v) is 12.5. The van der Waals surface area contributed by atoms with Gasteiger partial charge in [0.15, 0.2) is 0 Å². The average Bonchev–Trinajstić information content (AvgIpc) is 3.27. The number of hydrogen-bond acceptors (Lipinski definition) is 2. The summed E-state index contributed by atoms with van der Waals surface area (Å²) in [5.41, 5.74) is 6.36. The molecule has 112 valence electrons. The molecule has 0 bridgehead atoms. The topological polar surface area (TPSA) is 46.3 Å². The number of hydrogen-bond donors (Lipinski definition) is 1. The Morgan fingerprint density at radius 1 is 0.950 bits per heavy atom. The van der Waals surface area contributed by atoms with Crippen LogP contribution in [0.15, 0.2) is 0 Å². The molecule has 3 heteroatoms. The molecule has 3 aliphatic carbocycles. The Bertz CT molecular complexity index is 398. The Hall–Kier alpha value is -0.570. The lowest BCUT2D eigenvalue weighted by Gasteiger charge is -2.50. The molecule has 4 rings (SSSR count). The minimum atomic E-state index is -0.0162. The van der Waals surface area contributed by atoms with Crippen molar-refractivity contribution in [3.63, 3.8) is 0 Å². The van der Waals surface area contributed by atoms with Crippen molar-refractivity contribution in [2.75, 3.05) is 13.1 Å². The maximum atomic E-state index is 12.7. The van der Waals surface area contributed by atoms with Crippen molar-refractivity contribution < 1.29 is 4.79 Å². The lowest BCUT2D eigenvalue weighted by atomic mass is 9.67. The Balaban J connectivity index is 1.33. The molecule has 4 fully saturated rings. The third kappa shape index (κ3) is 2.18. The highest BCUT2D eigenvalue weighted by atomic mass is 16.2. The molecule has 1 amide bonds. The second kappa shape index (κ2) is 4.72. The van der Waals surface area contributed by atoms with Gasteiger partial charge in [0.05, 0.1) is 5.54 Å². The molecule has 3 nitrogen and oxygen atoms in total. The van der Waals surface area contributed by atoms with E-state index in [4.69, 9.17) is 5.73 Å². The molecule has 1 saturated heterocycles. The van der Waals surface area contributed by atoms with Crippen LogP contribution in [-0.2, 0) is 4.79 Å². The van der Waals surface area contributed by atoms with Gasteiger partial charge in [-0.25, -0.2) is 0 Å². The van der Waals surface area contributed by atoms with E-state index in [1.165, 1.54) is 51.4 Å². The minimum Gasteiger partial charge on any atom is -0.339 e. The summed E-state index contributed by atoms with van der Waals surface area (Å²) < 4.78 is 0. The normalized spacial score (nSPS) is 39.9. The lowest BCUT2D eigenvalue weighted by molar-refractivity contribution is -0.146. The first-order valence-electron chi connectivity index (χ1n) is 8.73. The molecule has 0 spiro atoms. The molecular weight excluding hydrogens is 248 g/mol. The van der Waals surface area contributed by atoms with Crippen molar-refractivity contribution in [3.05, 3.63) is 0 Å². The Labute approximate surface area is 122 Å². The van der Waals surface area contributed by atoms with Gasteiger partial charge in [0.25, 0.3) is 0 Å². The first kappa shape index (κ1) is 13.1. The van der Waals surface area contributed by atoms with Crippen molar-refractivity contribution in [2.24, 2.45) is 29.4 Å². The SMILES string of the molecule is NC1(C2CC2)CN(C(=O)C2CCC3CCCCC3C2)C1. The van der Waals surface area contributed by atoms with Crippen LogP contribution in [0.1, 0.15) is 57.8 Å². The molecule has 3 saturated carbocycles. The van der Waals surface area contributed by atoms with Gasteiger partial charge in [-0.2, -0.15) is 0 Å². The van der Waals surface area contributed by atoms with Crippen LogP contribution in [-0.4, -0.2) is 29.4 Å². The van der Waals surface area contributed by atoms with Crippen LogP contribution in [0.5, 0.6) is 0 Å². The van der Waals surface area contributed by atoms with Gasteiger partial charge in [0.2, 0.25) is 5.91 Å². The van der Waals surface area contributed by atoms with E-state index in [2.05, 4.69) is 4.90 Å². The van der Waals surface area contributed by atoms with Gasteiger partial charge < -0.3 is 10.6 Å². The molecule has 0 radical (unpaired) electrons. The van der Waals surface area contributed by atoms with Crippen molar-refractivity contribution in [1.82, 2.24) is 4.90 Å². The highest BCUT2D eigenvalue weighted by Gasteiger charge is 2.52. The number of carbonyl (C=O) groups is 1. The Kier molecular flexibility index (Phi) is 3.10. The van der Waals surface area contributed by atoms with Gasteiger partial charge >= 0.3 is 0 Å². The summed E-state index contributed by atoms with van der Waals surface area (Å²) in [7, 11) is 0. The first-order valence-corrected chi connectivity index (χ1v) is 8.73. The largest absolute Gasteiger partial charge is 0.339 e. The third-order valence-electron chi connectivity index (χ3n) is 6.56. The Morgan fingerprint density at radius 3 is 2.35 bits per heavy atom. The zero-order chi connectivity index (χ0) is 13.7. The van der Waals surface area contributed by atoms with E-state index in [1.54, 1.807) is 0 Å². The lowest BCUT2D eigenvalue weighted by Crippen LogP contribution is -2.70. The summed E-state index contributed by atoms with van der Waals surface area (Å²) in [6.07, 6.45) is 11.8. The van der Waals surface area contributed by atoms with Crippen molar-refractivity contribution in [2.45, 2.75) is 63.3 Å². The molecule has 1 heterocycles. The molecule has 2 N–H and O–H groups in total. The fraction of sp³-hybridized carbons (Fsp3) is 0.941. The van der Waals surface area contributed by atoms with Gasteiger partial charge in [-0.05, 0) is 49.9 Å². The van der Waals surface area contributed by atoms with E-state index >= 15 is 0 Å². The van der Waals surface area contributed by atoms with E-state index < -0.39 is 0 Å². The first-order chi connectivity index (χ1) is 9.66. The van der Waals surface area contributed by atoms with Crippen LogP contribution in [0, 0.1) is 23.7 Å². The molecule has 0 aromatic carbocycles. The minimum absolute atomic E-state index is 0.0162. The van der Waals surface area contributed by atoms with Crippen LogP contribution in [0.25, 0.3) is 0 Å². The quantitative estimate of drug-likeness (QED) is 0.842. The second-order valence-corrected chi connectivity index (χ2v) is 8.02. The van der Waals surface area contributed by atoms with Crippen LogP contribution in [0.2, 0.25) is 0 Å². The molecule has 0 aromatic heterocycles. The van der Waals surface area contributed by atoms with Gasteiger partial charge in [-0.1, -0.05) is 25.7 Å². The average molecular weight is 276 g/mol. The number of carbonyl (C=O) groups excluding carboxylic acids is 1. The summed E-state index contributed by atoms with van der Waals surface area (Å²) in [5.74, 6) is 3.23. The van der Waals surface area contributed by atoms with Crippen LogP contribution < -0.4 is 5.73 Å². The smallest absolute Gasteiger partial charge is 0.225 e. The molecule has 1 aliphatic heterocycles. The van der Waals surface area contributed by atoms with E-state index in [9.17, 15) is 4.79 Å². The van der Waals surface area contributed by atoms with Gasteiger partial charge in [0.1, 0.15) is 0 Å². The van der Waals surface area contributed by atoms with E-state index in [0.29, 0.717) is 17.7 Å². The van der Waals surface area contributed by atoms with Crippen LogP contribution in [0.4, 0.5) is 0 Å². The number of likely N-dealkylation sites (tertiary alicyclic amines) is 1. The monoisotopic (exact) mass is 276 g/mol. The standard InChI is InChI=1S/C17H28N2O/c18-17(15-7-8-15)10-19(11-17)16(20)14-6-5-12-3-1-2-4-13(12)9-14/h12-15H,1-11,18H2. The molecule has 3 unspecified atom stereocenters. The van der Waals surface area contributed by atoms with E-state index in [-0.39, 0.29) is 5.54 Å². The molecule has 0 aromatic rings. The van der Waals surface area contributed by atoms with Crippen molar-refractivity contribution >= 4 is 5.91 Å². The summed E-state index contributed by atoms with van der Waals surface area (Å²) >= 11 is 0. The van der Waals surface area contributed by atoms with Gasteiger partial charge in [-0.15, -0.1) is 0 Å². The maximum absolute atomic E-state index is 12.7. The van der Waals surface area contributed by atoms with Gasteiger partial charge in [-0.3, -0.25) is 4.79 Å². The highest BCUT2D eigenvalue weighted by Crippen LogP contribution is 2.46. The molecule has 20 heavy (non-hydrogen) atoms. The third-order valence-corrected chi connectivity index (χ3v) is 6.56. The Morgan fingerprint density at radius 2 is 1.65 bits per heavy atom. The van der Waals surface area contributed by atoms with E-state index in [1.807, 2.05) is 0 Å². The number of nitrogens with two attached hydrogens (primary N) is 1. The summed E-state index contributed by atoms with van der Waals surface area (Å²) in [6, 6.07) is 0. The van der Waals surface area contributed by atoms with Crippen molar-refractivity contribution in [3.8, 4) is 0 Å². The summed E-state index contributed by atoms with van der Waals surface area (Å²) in [5, 5.41) is 0. The summed E-state index contributed by atoms with van der Waals surface area (Å²) in [4.78, 5) is 14.7. The fourth-order valence-electron chi connectivity index (χ4n) is 5.09. The second-order valence-electron chi connectivity index (χ2n) is 8.02. The number of nitrogens with zero attached hydrogens (tertiary/aromatic N) is 1. The molecular formula is C17H28N2O. The molecule has 4 aliphatic rings. The van der Waals surface area contributed by atoms with Crippen LogP contribution >= 0.6 is 0 Å². The maximum Gasteiger partial charge on any atom is 0.225 e. The highest BCUT2D eigenvalue weighted by molar-refractivity contribution is 5.80. The van der Waals surface area contributed by atoms with E-state index in [0.717, 1.165) is 31.3 Å². The van der Waals surface area contributed by atoms with Gasteiger partial charge in [0, 0.05) is 19.0 Å².